The number of fused-ring (bicyclic) bond motifs is 1. The van der Waals surface area contributed by atoms with Crippen LogP contribution >= 0.6 is 24.0 Å². The summed E-state index contributed by atoms with van der Waals surface area (Å²) in [5, 5.41) is 0.940. The summed E-state index contributed by atoms with van der Waals surface area (Å²) in [5.41, 5.74) is 7.52. The van der Waals surface area contributed by atoms with Gasteiger partial charge in [-0.25, -0.2) is 0 Å². The van der Waals surface area contributed by atoms with Crippen molar-refractivity contribution in [3.63, 3.8) is 0 Å². The topological polar surface area (TPSA) is 97.9 Å². The van der Waals surface area contributed by atoms with E-state index in [0.29, 0.717) is 73.4 Å². The number of thioether (sulfide) groups is 1. The van der Waals surface area contributed by atoms with Crippen molar-refractivity contribution in [2.45, 2.75) is 39.7 Å². The fraction of sp³-hybridized carbons (Fsp3) is 0.462. The second kappa shape index (κ2) is 11.6. The Hall–Kier alpha value is -2.69. The Morgan fingerprint density at radius 3 is 2.61 bits per heavy atom. The number of primary amides is 1. The van der Waals surface area contributed by atoms with E-state index in [0.717, 1.165) is 16.6 Å². The monoisotopic (exact) mass is 528 g/mol. The van der Waals surface area contributed by atoms with Crippen molar-refractivity contribution >= 4 is 62.8 Å². The van der Waals surface area contributed by atoms with Gasteiger partial charge in [-0.05, 0) is 45.3 Å². The van der Waals surface area contributed by atoms with Crippen LogP contribution in [0.1, 0.15) is 38.7 Å². The van der Waals surface area contributed by atoms with Crippen LogP contribution < -0.4 is 16.2 Å². The number of hydrogen-bond donors (Lipinski definition) is 1. The van der Waals surface area contributed by atoms with Crippen molar-refractivity contribution in [2.24, 2.45) is 11.7 Å². The van der Waals surface area contributed by atoms with Crippen LogP contribution in [-0.2, 0) is 20.9 Å². The van der Waals surface area contributed by atoms with Crippen LogP contribution in [0.4, 0.5) is 5.69 Å². The molecule has 8 nitrogen and oxygen atoms in total. The number of piperidine rings is 1. The van der Waals surface area contributed by atoms with Gasteiger partial charge in [0.2, 0.25) is 5.91 Å². The van der Waals surface area contributed by atoms with E-state index < -0.39 is 0 Å². The van der Waals surface area contributed by atoms with Gasteiger partial charge in [-0.15, -0.1) is 0 Å². The predicted octanol–water partition coefficient (Wildman–Crippen LogP) is 3.35. The fourth-order valence-corrected chi connectivity index (χ4v) is 6.17. The summed E-state index contributed by atoms with van der Waals surface area (Å²) in [6.07, 6.45) is 3.65. The highest BCUT2D eigenvalue weighted by Gasteiger charge is 2.33. The molecule has 2 fully saturated rings. The summed E-state index contributed by atoms with van der Waals surface area (Å²) in [5.74, 6) is -0.635. The number of carbonyl (C=O) groups excluding carboxylic acids is 2. The molecule has 0 aliphatic carbocycles. The van der Waals surface area contributed by atoms with Gasteiger partial charge >= 0.3 is 0 Å². The second-order valence-electron chi connectivity index (χ2n) is 8.88. The number of hydrogen-bond acceptors (Lipinski definition) is 7. The molecular weight excluding hydrogens is 496 g/mol. The summed E-state index contributed by atoms with van der Waals surface area (Å²) in [6.45, 7) is 7.25. The Bertz CT molecular complexity index is 1260. The molecule has 1 aromatic heterocycles. The third-order valence-corrected chi connectivity index (χ3v) is 8.11. The van der Waals surface area contributed by atoms with Crippen LogP contribution in [0.2, 0.25) is 0 Å². The minimum absolute atomic E-state index is 0.148. The molecule has 36 heavy (non-hydrogen) atoms. The molecule has 192 valence electrons. The molecule has 4 rings (SSSR count). The SMILES string of the molecule is CCOCCCN1C(=O)C(=Cc2c(N3CCC(C(N)=O)CC3)c3ccccc3n(CC)c2=O)SC1=S. The number of pyridine rings is 1. The molecule has 2 amide bonds. The Labute approximate surface area is 220 Å². The molecular formula is C26H32N4O4S2. The molecule has 2 aliphatic rings. The standard InChI is InChI=1S/C26H32N4O4S2/c1-3-29-20-9-6-5-8-18(20)22(28-13-10-17(11-14-28)23(27)31)19(24(29)32)16-21-25(33)30(26(35)36-21)12-7-15-34-4-2/h5-6,8-9,16-17H,3-4,7,10-15H2,1-2H3,(H2,27,31). The zero-order valence-electron chi connectivity index (χ0n) is 20.7. The number of para-hydroxylation sites is 1. The van der Waals surface area contributed by atoms with Crippen LogP contribution in [0.3, 0.4) is 0 Å². The van der Waals surface area contributed by atoms with E-state index in [1.54, 1.807) is 15.5 Å². The van der Waals surface area contributed by atoms with Crippen molar-refractivity contribution in [3.05, 3.63) is 45.1 Å². The summed E-state index contributed by atoms with van der Waals surface area (Å²) >= 11 is 6.72. The van der Waals surface area contributed by atoms with Gasteiger partial charge in [0.25, 0.3) is 11.5 Å². The number of carbonyl (C=O) groups is 2. The van der Waals surface area contributed by atoms with E-state index in [4.69, 9.17) is 22.7 Å². The maximum absolute atomic E-state index is 13.8. The first-order chi connectivity index (χ1) is 17.4. The van der Waals surface area contributed by atoms with E-state index in [9.17, 15) is 14.4 Å². The molecule has 2 N–H and O–H groups in total. The first-order valence-corrected chi connectivity index (χ1v) is 13.6. The number of aryl methyl sites for hydroxylation is 1. The average molecular weight is 529 g/mol. The van der Waals surface area contributed by atoms with Crippen molar-refractivity contribution < 1.29 is 14.3 Å². The lowest BCUT2D eigenvalue weighted by Gasteiger charge is -2.34. The maximum Gasteiger partial charge on any atom is 0.266 e. The van der Waals surface area contributed by atoms with Crippen molar-refractivity contribution in [1.82, 2.24) is 9.47 Å². The van der Waals surface area contributed by atoms with Crippen LogP contribution in [0.5, 0.6) is 0 Å². The van der Waals surface area contributed by atoms with Gasteiger partial charge in [-0.1, -0.05) is 42.2 Å². The number of ether oxygens (including phenoxy) is 1. The van der Waals surface area contributed by atoms with Gasteiger partial charge in [0.1, 0.15) is 4.32 Å². The number of benzene rings is 1. The number of anilines is 1. The molecule has 2 saturated heterocycles. The largest absolute Gasteiger partial charge is 0.382 e. The van der Waals surface area contributed by atoms with E-state index >= 15 is 0 Å². The number of rotatable bonds is 9. The minimum Gasteiger partial charge on any atom is -0.382 e. The van der Waals surface area contributed by atoms with Gasteiger partial charge < -0.3 is 19.9 Å². The smallest absolute Gasteiger partial charge is 0.266 e. The lowest BCUT2D eigenvalue weighted by molar-refractivity contribution is -0.123. The Kier molecular flexibility index (Phi) is 8.48. The Morgan fingerprint density at radius 2 is 1.94 bits per heavy atom. The van der Waals surface area contributed by atoms with Gasteiger partial charge in [0.15, 0.2) is 0 Å². The van der Waals surface area contributed by atoms with E-state index in [-0.39, 0.29) is 23.3 Å². The molecule has 2 aromatic rings. The van der Waals surface area contributed by atoms with E-state index in [1.165, 1.54) is 11.8 Å². The predicted molar refractivity (Wildman–Crippen MR) is 149 cm³/mol. The zero-order chi connectivity index (χ0) is 25.8. The van der Waals surface area contributed by atoms with Gasteiger partial charge in [0.05, 0.1) is 21.7 Å². The summed E-state index contributed by atoms with van der Waals surface area (Å²) in [6, 6.07) is 7.83. The van der Waals surface area contributed by atoms with Gasteiger partial charge in [0, 0.05) is 50.7 Å². The summed E-state index contributed by atoms with van der Waals surface area (Å²) in [4.78, 5) is 42.9. The van der Waals surface area contributed by atoms with Crippen LogP contribution in [-0.4, -0.2) is 58.4 Å². The lowest BCUT2D eigenvalue weighted by atomic mass is 9.94. The third-order valence-electron chi connectivity index (χ3n) is 6.73. The van der Waals surface area contributed by atoms with Crippen molar-refractivity contribution in [3.8, 4) is 0 Å². The number of nitrogens with zero attached hydrogens (tertiary/aromatic N) is 3. The number of thiocarbonyl (C=S) groups is 1. The van der Waals surface area contributed by atoms with Crippen LogP contribution in [0, 0.1) is 5.92 Å². The van der Waals surface area contributed by atoms with Gasteiger partial charge in [-0.3, -0.25) is 19.3 Å². The number of nitrogens with two attached hydrogens (primary N) is 1. The molecule has 10 heteroatoms. The van der Waals surface area contributed by atoms with Crippen LogP contribution in [0.15, 0.2) is 34.0 Å². The number of amides is 2. The normalized spacial score (nSPS) is 18.1. The molecule has 0 radical (unpaired) electrons. The third kappa shape index (κ3) is 5.21. The van der Waals surface area contributed by atoms with E-state index in [1.807, 2.05) is 38.1 Å². The maximum atomic E-state index is 13.8. The Morgan fingerprint density at radius 1 is 1.22 bits per heavy atom. The molecule has 0 unspecified atom stereocenters. The summed E-state index contributed by atoms with van der Waals surface area (Å²) in [7, 11) is 0. The molecule has 1 aromatic carbocycles. The highest BCUT2D eigenvalue weighted by atomic mass is 32.2. The minimum atomic E-state index is -0.283. The first-order valence-electron chi connectivity index (χ1n) is 12.4. The summed E-state index contributed by atoms with van der Waals surface area (Å²) < 4.78 is 7.62. The van der Waals surface area contributed by atoms with Crippen molar-refractivity contribution in [1.29, 1.82) is 0 Å². The van der Waals surface area contributed by atoms with Crippen LogP contribution in [0.25, 0.3) is 17.0 Å². The molecule has 0 atom stereocenters. The highest BCUT2D eigenvalue weighted by molar-refractivity contribution is 8.26. The molecule has 0 saturated carbocycles. The highest BCUT2D eigenvalue weighted by Crippen LogP contribution is 2.37. The fourth-order valence-electron chi connectivity index (χ4n) is 4.88. The number of aromatic nitrogens is 1. The average Bonchev–Trinajstić information content (AvgIpc) is 3.14. The molecule has 0 spiro atoms. The first kappa shape index (κ1) is 26.4. The molecule has 0 bridgehead atoms. The molecule has 3 heterocycles. The van der Waals surface area contributed by atoms with E-state index in [2.05, 4.69) is 4.90 Å². The second-order valence-corrected chi connectivity index (χ2v) is 10.6. The Balaban J connectivity index is 1.77. The zero-order valence-corrected chi connectivity index (χ0v) is 22.3. The quantitative estimate of drug-likeness (QED) is 0.303. The molecule has 2 aliphatic heterocycles. The van der Waals surface area contributed by atoms with Gasteiger partial charge in [-0.2, -0.15) is 0 Å². The van der Waals surface area contributed by atoms with Crippen molar-refractivity contribution in [2.75, 3.05) is 37.7 Å². The lowest BCUT2D eigenvalue weighted by Crippen LogP contribution is -2.40.